The zero-order valence-electron chi connectivity index (χ0n) is 16.0. The molecule has 1 aromatic carbocycles. The smallest absolute Gasteiger partial charge is 0.311 e. The monoisotopic (exact) mass is 372 g/mol. The Hall–Kier alpha value is -1.92. The summed E-state index contributed by atoms with van der Waals surface area (Å²) in [5.74, 6) is -0.475. The first kappa shape index (κ1) is 18.4. The lowest BCUT2D eigenvalue weighted by Crippen LogP contribution is -2.55. The molecule has 6 heteroatoms. The first-order valence-corrected chi connectivity index (χ1v) is 9.90. The number of nitrogens with one attached hydrogen (secondary N) is 1. The Morgan fingerprint density at radius 2 is 2.22 bits per heavy atom. The normalized spacial score (nSPS) is 33.4. The summed E-state index contributed by atoms with van der Waals surface area (Å²) in [5.41, 5.74) is 1.43. The van der Waals surface area contributed by atoms with Gasteiger partial charge in [0.05, 0.1) is 25.0 Å². The summed E-state index contributed by atoms with van der Waals surface area (Å²) < 4.78 is 4.96. The zero-order chi connectivity index (χ0) is 19.2. The van der Waals surface area contributed by atoms with Crippen molar-refractivity contribution in [1.82, 2.24) is 4.90 Å². The van der Waals surface area contributed by atoms with Crippen LogP contribution < -0.4 is 5.32 Å². The number of fused-ring (bicyclic) bond motifs is 4. The van der Waals surface area contributed by atoms with Crippen molar-refractivity contribution in [2.45, 2.75) is 37.6 Å². The SMILES string of the molecule is CC[C@H]1CN2CC[C@]3(C(=O)Nc4ccccc43)[C@@H]2C[C@@H]1C(CO)C(=O)OC. The van der Waals surface area contributed by atoms with E-state index in [2.05, 4.69) is 23.2 Å². The van der Waals surface area contributed by atoms with Gasteiger partial charge in [-0.1, -0.05) is 31.5 Å². The van der Waals surface area contributed by atoms with Gasteiger partial charge < -0.3 is 15.2 Å². The molecular formula is C21H28N2O4. The van der Waals surface area contributed by atoms with Crippen LogP contribution >= 0.6 is 0 Å². The topological polar surface area (TPSA) is 78.9 Å². The molecule has 1 amide bonds. The molecule has 1 unspecified atom stereocenters. The third-order valence-corrected chi connectivity index (χ3v) is 7.18. The van der Waals surface area contributed by atoms with E-state index >= 15 is 0 Å². The van der Waals surface area contributed by atoms with E-state index in [1.165, 1.54) is 7.11 Å². The van der Waals surface area contributed by atoms with Crippen LogP contribution in [0.5, 0.6) is 0 Å². The number of hydrogen-bond acceptors (Lipinski definition) is 5. The van der Waals surface area contributed by atoms with Gasteiger partial charge in [-0.3, -0.25) is 14.5 Å². The number of amides is 1. The van der Waals surface area contributed by atoms with E-state index in [1.807, 2.05) is 18.2 Å². The Balaban J connectivity index is 1.71. The second-order valence-electron chi connectivity index (χ2n) is 8.11. The molecule has 4 rings (SSSR count). The fourth-order valence-corrected chi connectivity index (χ4v) is 5.79. The molecule has 2 N–H and O–H groups in total. The predicted molar refractivity (Wildman–Crippen MR) is 101 cm³/mol. The molecule has 1 spiro atoms. The Kier molecular flexibility index (Phi) is 4.72. The third kappa shape index (κ3) is 2.61. The molecule has 3 heterocycles. The number of rotatable bonds is 4. The standard InChI is InChI=1S/C21H28N2O4/c1-3-13-11-23-9-8-21(16-6-4-5-7-17(16)22-20(21)26)18(23)10-14(13)15(12-24)19(25)27-2/h4-7,13-15,18,24H,3,8-12H2,1-2H3,(H,22,26)/t13-,14-,15?,18-,21+/m0/s1. The maximum Gasteiger partial charge on any atom is 0.311 e. The molecule has 0 saturated carbocycles. The van der Waals surface area contributed by atoms with Crippen LogP contribution in [0.15, 0.2) is 24.3 Å². The number of anilines is 1. The third-order valence-electron chi connectivity index (χ3n) is 7.18. The largest absolute Gasteiger partial charge is 0.469 e. The van der Waals surface area contributed by atoms with Crippen LogP contribution in [-0.2, 0) is 19.7 Å². The first-order chi connectivity index (χ1) is 13.1. The minimum atomic E-state index is -0.552. The van der Waals surface area contributed by atoms with E-state index in [1.54, 1.807) is 0 Å². The fourth-order valence-electron chi connectivity index (χ4n) is 5.79. The highest BCUT2D eigenvalue weighted by Gasteiger charge is 2.60. The van der Waals surface area contributed by atoms with Gasteiger partial charge in [-0.25, -0.2) is 0 Å². The highest BCUT2D eigenvalue weighted by Crippen LogP contribution is 2.53. The maximum absolute atomic E-state index is 13.1. The molecule has 0 bridgehead atoms. The van der Waals surface area contributed by atoms with Crippen molar-refractivity contribution >= 4 is 17.6 Å². The van der Waals surface area contributed by atoms with Crippen molar-refractivity contribution in [2.75, 3.05) is 32.1 Å². The minimum Gasteiger partial charge on any atom is -0.469 e. The van der Waals surface area contributed by atoms with Crippen molar-refractivity contribution in [1.29, 1.82) is 0 Å². The van der Waals surface area contributed by atoms with E-state index in [4.69, 9.17) is 4.74 Å². The molecule has 3 aliphatic heterocycles. The zero-order valence-corrected chi connectivity index (χ0v) is 16.0. The van der Waals surface area contributed by atoms with Gasteiger partial charge in [-0.15, -0.1) is 0 Å². The summed E-state index contributed by atoms with van der Waals surface area (Å²) in [6.07, 6.45) is 2.46. The second kappa shape index (κ2) is 6.91. The van der Waals surface area contributed by atoms with Gasteiger partial charge in [-0.05, 0) is 42.9 Å². The average molecular weight is 372 g/mol. The fraction of sp³-hybridized carbons (Fsp3) is 0.619. The minimum absolute atomic E-state index is 0.0178. The molecule has 1 aromatic rings. The number of benzene rings is 1. The second-order valence-corrected chi connectivity index (χ2v) is 8.11. The quantitative estimate of drug-likeness (QED) is 0.788. The molecule has 0 aromatic heterocycles. The van der Waals surface area contributed by atoms with Gasteiger partial charge in [-0.2, -0.15) is 0 Å². The molecule has 2 fully saturated rings. The van der Waals surface area contributed by atoms with Crippen molar-refractivity contribution in [3.63, 3.8) is 0 Å². The van der Waals surface area contributed by atoms with E-state index in [0.717, 1.165) is 43.6 Å². The predicted octanol–water partition coefficient (Wildman–Crippen LogP) is 1.78. The number of ether oxygens (including phenoxy) is 1. The molecule has 0 aliphatic carbocycles. The molecule has 0 radical (unpaired) electrons. The molecule has 3 aliphatic rings. The number of methoxy groups -OCH3 is 1. The molecule has 27 heavy (non-hydrogen) atoms. The molecule has 6 nitrogen and oxygen atoms in total. The number of aliphatic hydroxyl groups is 1. The van der Waals surface area contributed by atoms with E-state index in [-0.39, 0.29) is 30.4 Å². The van der Waals surface area contributed by atoms with E-state index in [9.17, 15) is 14.7 Å². The summed E-state index contributed by atoms with van der Waals surface area (Å²) in [4.78, 5) is 27.8. The number of hydrogen-bond donors (Lipinski definition) is 2. The van der Waals surface area contributed by atoms with Crippen LogP contribution in [0.25, 0.3) is 0 Å². The van der Waals surface area contributed by atoms with Gasteiger partial charge in [0, 0.05) is 18.3 Å². The lowest BCUT2D eigenvalue weighted by Gasteiger charge is -2.46. The summed E-state index contributed by atoms with van der Waals surface area (Å²) in [6, 6.07) is 8.00. The number of carbonyl (C=O) groups excluding carboxylic acids is 2. The lowest BCUT2D eigenvalue weighted by molar-refractivity contribution is -0.151. The molecule has 2 saturated heterocycles. The van der Waals surface area contributed by atoms with Crippen LogP contribution in [0.1, 0.15) is 31.7 Å². The highest BCUT2D eigenvalue weighted by molar-refractivity contribution is 6.07. The molecular weight excluding hydrogens is 344 g/mol. The Bertz CT molecular complexity index is 751. The Labute approximate surface area is 159 Å². The van der Waals surface area contributed by atoms with Crippen molar-refractivity contribution in [3.05, 3.63) is 29.8 Å². The van der Waals surface area contributed by atoms with Gasteiger partial charge in [0.2, 0.25) is 5.91 Å². The van der Waals surface area contributed by atoms with Crippen LogP contribution in [0.4, 0.5) is 5.69 Å². The van der Waals surface area contributed by atoms with Crippen molar-refractivity contribution in [3.8, 4) is 0 Å². The average Bonchev–Trinajstić information content (AvgIpc) is 3.20. The highest BCUT2D eigenvalue weighted by atomic mass is 16.5. The summed E-state index contributed by atoms with van der Waals surface area (Å²) >= 11 is 0. The lowest BCUT2D eigenvalue weighted by atomic mass is 9.66. The maximum atomic E-state index is 13.1. The van der Waals surface area contributed by atoms with Gasteiger partial charge >= 0.3 is 5.97 Å². The summed E-state index contributed by atoms with van der Waals surface area (Å²) in [6.45, 7) is 3.66. The Morgan fingerprint density at radius 3 is 2.93 bits per heavy atom. The van der Waals surface area contributed by atoms with Crippen LogP contribution in [-0.4, -0.2) is 54.7 Å². The number of piperidine rings is 1. The van der Waals surface area contributed by atoms with E-state index < -0.39 is 11.3 Å². The Morgan fingerprint density at radius 1 is 1.44 bits per heavy atom. The van der Waals surface area contributed by atoms with Crippen LogP contribution in [0.2, 0.25) is 0 Å². The number of nitrogens with zero attached hydrogens (tertiary/aromatic N) is 1. The van der Waals surface area contributed by atoms with E-state index in [0.29, 0.717) is 5.92 Å². The summed E-state index contributed by atoms with van der Waals surface area (Å²) in [5, 5.41) is 13.0. The van der Waals surface area contributed by atoms with Crippen molar-refractivity contribution in [2.24, 2.45) is 17.8 Å². The van der Waals surface area contributed by atoms with Gasteiger partial charge in [0.1, 0.15) is 0 Å². The number of esters is 1. The molecule has 5 atom stereocenters. The van der Waals surface area contributed by atoms with Crippen LogP contribution in [0.3, 0.4) is 0 Å². The number of para-hydroxylation sites is 1. The summed E-state index contributed by atoms with van der Waals surface area (Å²) in [7, 11) is 1.37. The number of carbonyl (C=O) groups is 2. The number of aliphatic hydroxyl groups excluding tert-OH is 1. The van der Waals surface area contributed by atoms with Crippen LogP contribution in [0, 0.1) is 17.8 Å². The van der Waals surface area contributed by atoms with Crippen molar-refractivity contribution < 1.29 is 19.4 Å². The molecule has 146 valence electrons. The first-order valence-electron chi connectivity index (χ1n) is 9.90. The van der Waals surface area contributed by atoms with Gasteiger partial charge in [0.25, 0.3) is 0 Å². The van der Waals surface area contributed by atoms with Gasteiger partial charge in [0.15, 0.2) is 0 Å².